The molecule has 0 heterocycles. The molecule has 0 spiro atoms. The van der Waals surface area contributed by atoms with Gasteiger partial charge in [0.1, 0.15) is 0 Å². The Labute approximate surface area is 161 Å². The third-order valence-electron chi connectivity index (χ3n) is 3.66. The molecule has 2 unspecified atom stereocenters. The van der Waals surface area contributed by atoms with Gasteiger partial charge in [0.25, 0.3) is 0 Å². The lowest BCUT2D eigenvalue weighted by Crippen LogP contribution is -2.23. The van der Waals surface area contributed by atoms with Crippen LogP contribution in [0.4, 0.5) is 0 Å². The van der Waals surface area contributed by atoms with Crippen LogP contribution in [-0.2, 0) is 8.85 Å². The minimum atomic E-state index is -0.457. The maximum Gasteiger partial charge on any atom is 0.168 e. The summed E-state index contributed by atoms with van der Waals surface area (Å²) in [6, 6.07) is 0. The second-order valence-corrected chi connectivity index (χ2v) is 17.3. The number of hydrogen-bond acceptors (Lipinski definition) is 5. The standard InChI is InChI=1S/C16H38O2S3Si2/c1-9-13(3)17-22-15(5,6)11-19-21-20-12-16(7,8)23-18-14(4)10-2/h13-14H,9-12,22-23H2,1-8H3. The Bertz CT molecular complexity index is 277. The molecule has 140 valence electrons. The van der Waals surface area contributed by atoms with E-state index in [2.05, 4.69) is 55.4 Å². The fraction of sp³-hybridized carbons (Fsp3) is 1.00. The van der Waals surface area contributed by atoms with E-state index in [1.807, 2.05) is 31.4 Å². The van der Waals surface area contributed by atoms with Gasteiger partial charge in [0, 0.05) is 23.7 Å². The quantitative estimate of drug-likeness (QED) is 0.220. The van der Waals surface area contributed by atoms with Crippen molar-refractivity contribution in [2.45, 2.75) is 90.5 Å². The molecule has 0 aromatic rings. The van der Waals surface area contributed by atoms with Crippen LogP contribution in [0.5, 0.6) is 0 Å². The summed E-state index contributed by atoms with van der Waals surface area (Å²) in [5, 5.41) is 0.761. The molecule has 0 rings (SSSR count). The molecule has 0 bridgehead atoms. The zero-order valence-corrected chi connectivity index (χ0v) is 21.7. The van der Waals surface area contributed by atoms with E-state index in [-0.39, 0.29) is 0 Å². The molecule has 2 atom stereocenters. The van der Waals surface area contributed by atoms with Gasteiger partial charge in [-0.3, -0.25) is 0 Å². The molecule has 0 saturated carbocycles. The van der Waals surface area contributed by atoms with Crippen LogP contribution in [-0.4, -0.2) is 43.2 Å². The predicted molar refractivity (Wildman–Crippen MR) is 119 cm³/mol. The molecule has 0 radical (unpaired) electrons. The summed E-state index contributed by atoms with van der Waals surface area (Å²) in [5.74, 6) is 2.38. The smallest absolute Gasteiger partial charge is 0.168 e. The Morgan fingerprint density at radius 1 is 0.783 bits per heavy atom. The van der Waals surface area contributed by atoms with Gasteiger partial charge in [0.05, 0.1) is 0 Å². The maximum absolute atomic E-state index is 6.03. The normalized spacial score (nSPS) is 16.7. The van der Waals surface area contributed by atoms with E-state index >= 15 is 0 Å². The summed E-state index contributed by atoms with van der Waals surface area (Å²) in [6.45, 7) is 18.2. The topological polar surface area (TPSA) is 18.5 Å². The Kier molecular flexibility index (Phi) is 13.5. The van der Waals surface area contributed by atoms with Crippen molar-refractivity contribution in [3.8, 4) is 0 Å². The van der Waals surface area contributed by atoms with E-state index in [0.29, 0.717) is 22.3 Å². The highest BCUT2D eigenvalue weighted by Crippen LogP contribution is 2.44. The molecule has 0 N–H and O–H groups in total. The molecular formula is C16H38O2S3Si2. The van der Waals surface area contributed by atoms with Crippen molar-refractivity contribution in [2.24, 2.45) is 0 Å². The SMILES string of the molecule is CCC(C)O[SiH2]C(C)(C)CSSSCC(C)(C)[SiH2]OC(C)CC. The minimum absolute atomic E-state index is 0.381. The average Bonchev–Trinajstić information content (AvgIpc) is 2.49. The fourth-order valence-electron chi connectivity index (χ4n) is 1.46. The van der Waals surface area contributed by atoms with Crippen LogP contribution < -0.4 is 0 Å². The molecule has 0 aliphatic rings. The molecule has 0 aromatic carbocycles. The first-order valence-corrected chi connectivity index (χ1v) is 15.1. The molecular weight excluding hydrogens is 377 g/mol. The Hall–Kier alpha value is 1.40. The predicted octanol–water partition coefficient (Wildman–Crippen LogP) is 5.21. The fourth-order valence-corrected chi connectivity index (χ4v) is 10.3. The molecule has 0 aromatic heterocycles. The van der Waals surface area contributed by atoms with Gasteiger partial charge in [-0.1, -0.05) is 63.1 Å². The van der Waals surface area contributed by atoms with Crippen molar-refractivity contribution < 1.29 is 8.85 Å². The zero-order valence-electron chi connectivity index (χ0n) is 16.4. The molecule has 7 heteroatoms. The van der Waals surface area contributed by atoms with Crippen LogP contribution in [0.25, 0.3) is 0 Å². The van der Waals surface area contributed by atoms with Crippen molar-refractivity contribution in [1.82, 2.24) is 0 Å². The highest BCUT2D eigenvalue weighted by atomic mass is 33.5. The van der Waals surface area contributed by atoms with Crippen molar-refractivity contribution in [3.05, 3.63) is 0 Å². The highest BCUT2D eigenvalue weighted by Gasteiger charge is 2.23. The average molecular weight is 415 g/mol. The minimum Gasteiger partial charge on any atom is -0.421 e. The molecule has 23 heavy (non-hydrogen) atoms. The molecule has 0 aliphatic heterocycles. The van der Waals surface area contributed by atoms with Gasteiger partial charge in [-0.15, -0.1) is 0 Å². The molecule has 0 saturated heterocycles. The first-order chi connectivity index (χ1) is 10.6. The highest BCUT2D eigenvalue weighted by molar-refractivity contribution is 9.09. The second kappa shape index (κ2) is 12.7. The molecule has 0 aliphatic carbocycles. The summed E-state index contributed by atoms with van der Waals surface area (Å²) in [4.78, 5) is 0. The first kappa shape index (κ1) is 24.4. The maximum atomic E-state index is 6.03. The summed E-state index contributed by atoms with van der Waals surface area (Å²) in [6.07, 6.45) is 3.12. The second-order valence-electron chi connectivity index (χ2n) is 7.98. The molecule has 0 amide bonds. The van der Waals surface area contributed by atoms with Gasteiger partial charge in [-0.2, -0.15) is 0 Å². The largest absolute Gasteiger partial charge is 0.421 e. The van der Waals surface area contributed by atoms with Gasteiger partial charge in [-0.25, -0.2) is 0 Å². The first-order valence-electron chi connectivity index (χ1n) is 8.76. The summed E-state index contributed by atoms with van der Waals surface area (Å²) in [7, 11) is 5.03. The van der Waals surface area contributed by atoms with E-state index in [9.17, 15) is 0 Å². The van der Waals surface area contributed by atoms with Crippen molar-refractivity contribution >= 4 is 50.9 Å². The number of rotatable bonds is 14. The van der Waals surface area contributed by atoms with Gasteiger partial charge in [0.15, 0.2) is 19.5 Å². The van der Waals surface area contributed by atoms with Gasteiger partial charge in [-0.05, 0) is 46.6 Å². The van der Waals surface area contributed by atoms with E-state index < -0.39 is 19.5 Å². The van der Waals surface area contributed by atoms with Gasteiger partial charge >= 0.3 is 0 Å². The monoisotopic (exact) mass is 414 g/mol. The van der Waals surface area contributed by atoms with E-state index in [1.54, 1.807) is 0 Å². The van der Waals surface area contributed by atoms with E-state index in [0.717, 1.165) is 12.8 Å². The Morgan fingerprint density at radius 2 is 1.13 bits per heavy atom. The van der Waals surface area contributed by atoms with Crippen molar-refractivity contribution in [1.29, 1.82) is 0 Å². The van der Waals surface area contributed by atoms with Crippen LogP contribution in [0.15, 0.2) is 0 Å². The van der Waals surface area contributed by atoms with Crippen molar-refractivity contribution in [3.63, 3.8) is 0 Å². The molecule has 0 fully saturated rings. The lowest BCUT2D eigenvalue weighted by atomic mass is 10.2. The van der Waals surface area contributed by atoms with E-state index in [4.69, 9.17) is 8.85 Å². The van der Waals surface area contributed by atoms with Gasteiger partial charge < -0.3 is 8.85 Å². The van der Waals surface area contributed by atoms with Crippen LogP contribution in [0.3, 0.4) is 0 Å². The Morgan fingerprint density at radius 3 is 1.43 bits per heavy atom. The Balaban J connectivity index is 3.81. The summed E-state index contributed by atoms with van der Waals surface area (Å²) in [5.41, 5.74) is 0. The van der Waals surface area contributed by atoms with Crippen LogP contribution in [0.1, 0.15) is 68.2 Å². The lowest BCUT2D eigenvalue weighted by Gasteiger charge is -2.26. The third kappa shape index (κ3) is 14.3. The van der Waals surface area contributed by atoms with Gasteiger partial charge in [0.2, 0.25) is 0 Å². The van der Waals surface area contributed by atoms with Crippen LogP contribution >= 0.6 is 31.4 Å². The lowest BCUT2D eigenvalue weighted by molar-refractivity contribution is 0.220. The number of hydrogen-bond donors (Lipinski definition) is 0. The zero-order chi connectivity index (χ0) is 17.9. The summed E-state index contributed by atoms with van der Waals surface area (Å²) >= 11 is 0. The van der Waals surface area contributed by atoms with Crippen LogP contribution in [0, 0.1) is 0 Å². The van der Waals surface area contributed by atoms with E-state index in [1.165, 1.54) is 11.5 Å². The van der Waals surface area contributed by atoms with Crippen molar-refractivity contribution in [2.75, 3.05) is 11.5 Å². The third-order valence-corrected chi connectivity index (χ3v) is 12.9. The van der Waals surface area contributed by atoms with Crippen LogP contribution in [0.2, 0.25) is 10.1 Å². The molecule has 2 nitrogen and oxygen atoms in total. The summed E-state index contributed by atoms with van der Waals surface area (Å²) < 4.78 is 12.1.